The van der Waals surface area contributed by atoms with Crippen molar-refractivity contribution in [1.82, 2.24) is 0 Å². The lowest BCUT2D eigenvalue weighted by atomic mass is 9.99. The van der Waals surface area contributed by atoms with Gasteiger partial charge in [-0.05, 0) is 50.3 Å². The molecule has 1 N–H and O–H groups in total. The summed E-state index contributed by atoms with van der Waals surface area (Å²) in [4.78, 5) is 15.0. The van der Waals surface area contributed by atoms with Crippen LogP contribution in [0.15, 0.2) is 36.4 Å². The first-order valence-corrected chi connectivity index (χ1v) is 9.59. The number of hydrogen-bond acceptors (Lipinski definition) is 6. The lowest BCUT2D eigenvalue weighted by Crippen LogP contribution is -2.34. The van der Waals surface area contributed by atoms with Gasteiger partial charge in [-0.1, -0.05) is 0 Å². The topological polar surface area (TPSA) is 77.5 Å². The molecule has 0 saturated carbocycles. The molecule has 0 aromatic heterocycles. The van der Waals surface area contributed by atoms with Gasteiger partial charge in [0.05, 0.1) is 39.1 Å². The molecule has 1 amide bonds. The van der Waals surface area contributed by atoms with Crippen molar-refractivity contribution in [1.29, 1.82) is 0 Å². The molecule has 0 radical (unpaired) electrons. The first-order valence-electron chi connectivity index (χ1n) is 9.59. The Hall–Kier alpha value is -3.19. The van der Waals surface area contributed by atoms with Gasteiger partial charge in [-0.25, -0.2) is 0 Å². The molecule has 7 heteroatoms. The van der Waals surface area contributed by atoms with Crippen LogP contribution in [0.1, 0.15) is 29.8 Å². The number of carbonyl (C=O) groups excluding carboxylic acids is 1. The number of benzene rings is 2. The van der Waals surface area contributed by atoms with E-state index in [-0.39, 0.29) is 19.1 Å². The van der Waals surface area contributed by atoms with Gasteiger partial charge in [-0.2, -0.15) is 0 Å². The fraction of sp³-hybridized carbons (Fsp3) is 0.348. The minimum Gasteiger partial charge on any atom is -0.495 e. The number of nitrogens with zero attached hydrogens (tertiary/aromatic N) is 1. The summed E-state index contributed by atoms with van der Waals surface area (Å²) in [6.07, 6.45) is 3.83. The number of aliphatic hydroxyl groups excluding tert-OH is 1. The number of methoxy groups -OCH3 is 3. The molecule has 0 saturated heterocycles. The predicted octanol–water partition coefficient (Wildman–Crippen LogP) is 3.54. The zero-order chi connectivity index (χ0) is 21.9. The third-order valence-electron chi connectivity index (χ3n) is 4.86. The highest BCUT2D eigenvalue weighted by atomic mass is 16.5. The molecule has 1 aliphatic heterocycles. The molecule has 0 aliphatic carbocycles. The van der Waals surface area contributed by atoms with Crippen molar-refractivity contribution in [3.05, 3.63) is 47.5 Å². The van der Waals surface area contributed by atoms with Crippen LogP contribution in [0.2, 0.25) is 0 Å². The quantitative estimate of drug-likeness (QED) is 0.748. The number of amides is 1. The summed E-state index contributed by atoms with van der Waals surface area (Å²) in [5.41, 5.74) is 1.21. The Morgan fingerprint density at radius 1 is 1.07 bits per heavy atom. The summed E-state index contributed by atoms with van der Waals surface area (Å²) < 4.78 is 22.2. The maximum Gasteiger partial charge on any atom is 0.262 e. The number of fused-ring (bicyclic) bond motifs is 1. The van der Waals surface area contributed by atoms with Crippen molar-refractivity contribution >= 4 is 17.7 Å². The van der Waals surface area contributed by atoms with E-state index in [1.165, 1.54) is 19.1 Å². The first-order chi connectivity index (χ1) is 14.3. The van der Waals surface area contributed by atoms with Crippen LogP contribution in [0.5, 0.6) is 23.0 Å². The fourth-order valence-electron chi connectivity index (χ4n) is 3.40. The van der Waals surface area contributed by atoms with Crippen LogP contribution in [0.4, 0.5) is 5.69 Å². The van der Waals surface area contributed by atoms with Crippen molar-refractivity contribution < 1.29 is 28.8 Å². The van der Waals surface area contributed by atoms with E-state index >= 15 is 0 Å². The maximum absolute atomic E-state index is 13.5. The zero-order valence-electron chi connectivity index (χ0n) is 17.9. The second-order valence-electron chi connectivity index (χ2n) is 7.32. The van der Waals surface area contributed by atoms with Crippen LogP contribution in [-0.4, -0.2) is 51.1 Å². The average molecular weight is 413 g/mol. The van der Waals surface area contributed by atoms with Gasteiger partial charge >= 0.3 is 0 Å². The van der Waals surface area contributed by atoms with Gasteiger partial charge in [0.15, 0.2) is 11.5 Å². The van der Waals surface area contributed by atoms with Gasteiger partial charge in [0, 0.05) is 18.3 Å². The van der Waals surface area contributed by atoms with Crippen LogP contribution in [0.25, 0.3) is 6.08 Å². The van der Waals surface area contributed by atoms with Crippen LogP contribution < -0.4 is 23.8 Å². The Morgan fingerprint density at radius 2 is 1.80 bits per heavy atom. The Morgan fingerprint density at radius 3 is 2.43 bits per heavy atom. The third kappa shape index (κ3) is 4.07. The molecule has 160 valence electrons. The van der Waals surface area contributed by atoms with E-state index in [2.05, 4.69) is 0 Å². The summed E-state index contributed by atoms with van der Waals surface area (Å²) in [6.45, 7) is 3.81. The number of aliphatic hydroxyl groups is 1. The SMILES string of the molecule is COc1ccc(N(CCO)C(=O)c2ccc3c(c2OC)C=CC(C)(C)O3)cc1OC. The fourth-order valence-corrected chi connectivity index (χ4v) is 3.40. The molecule has 0 atom stereocenters. The van der Waals surface area contributed by atoms with E-state index < -0.39 is 5.60 Å². The van der Waals surface area contributed by atoms with Gasteiger partial charge in [-0.3, -0.25) is 4.79 Å². The van der Waals surface area contributed by atoms with Crippen LogP contribution in [0, 0.1) is 0 Å². The van der Waals surface area contributed by atoms with Crippen LogP contribution in [-0.2, 0) is 0 Å². The van der Waals surface area contributed by atoms with E-state index in [4.69, 9.17) is 18.9 Å². The number of ether oxygens (including phenoxy) is 4. The Bertz CT molecular complexity index is 966. The smallest absolute Gasteiger partial charge is 0.262 e. The highest BCUT2D eigenvalue weighted by Crippen LogP contribution is 2.40. The highest BCUT2D eigenvalue weighted by Gasteiger charge is 2.29. The number of rotatable bonds is 7. The molecule has 0 bridgehead atoms. The number of carbonyl (C=O) groups is 1. The minimum atomic E-state index is -0.438. The van der Waals surface area contributed by atoms with E-state index in [0.29, 0.717) is 39.8 Å². The molecular weight excluding hydrogens is 386 g/mol. The van der Waals surface area contributed by atoms with E-state index in [0.717, 1.165) is 0 Å². The third-order valence-corrected chi connectivity index (χ3v) is 4.86. The van der Waals surface area contributed by atoms with Gasteiger partial charge in [0.1, 0.15) is 17.1 Å². The zero-order valence-corrected chi connectivity index (χ0v) is 17.9. The highest BCUT2D eigenvalue weighted by molar-refractivity contribution is 6.09. The largest absolute Gasteiger partial charge is 0.495 e. The van der Waals surface area contributed by atoms with Crippen molar-refractivity contribution in [3.8, 4) is 23.0 Å². The van der Waals surface area contributed by atoms with Crippen LogP contribution >= 0.6 is 0 Å². The predicted molar refractivity (Wildman–Crippen MR) is 115 cm³/mol. The maximum atomic E-state index is 13.5. The second kappa shape index (κ2) is 8.67. The Balaban J connectivity index is 2.05. The van der Waals surface area contributed by atoms with Gasteiger partial charge in [0.2, 0.25) is 0 Å². The standard InChI is InChI=1S/C23H27NO6/c1-23(2)11-10-16-18(30-23)9-7-17(21(16)29-5)22(26)24(12-13-25)15-6-8-19(27-3)20(14-15)28-4/h6-11,14,25H,12-13H2,1-5H3. The molecule has 1 aliphatic rings. The number of hydrogen-bond donors (Lipinski definition) is 1. The minimum absolute atomic E-state index is 0.105. The lowest BCUT2D eigenvalue weighted by molar-refractivity contribution is 0.0977. The second-order valence-corrected chi connectivity index (χ2v) is 7.32. The van der Waals surface area contributed by atoms with Gasteiger partial charge < -0.3 is 29.0 Å². The van der Waals surface area contributed by atoms with E-state index in [1.807, 2.05) is 26.0 Å². The first kappa shape index (κ1) is 21.5. The molecule has 30 heavy (non-hydrogen) atoms. The van der Waals surface area contributed by atoms with Crippen molar-refractivity contribution in [3.63, 3.8) is 0 Å². The van der Waals surface area contributed by atoms with Gasteiger partial charge in [0.25, 0.3) is 5.91 Å². The molecule has 2 aromatic carbocycles. The summed E-state index contributed by atoms with van der Waals surface area (Å²) in [5.74, 6) is 1.80. The molecule has 0 spiro atoms. The summed E-state index contributed by atoms with van der Waals surface area (Å²) >= 11 is 0. The average Bonchev–Trinajstić information content (AvgIpc) is 2.74. The summed E-state index contributed by atoms with van der Waals surface area (Å²) in [7, 11) is 4.59. The number of anilines is 1. The molecule has 0 unspecified atom stereocenters. The molecule has 3 rings (SSSR count). The Labute approximate surface area is 176 Å². The monoisotopic (exact) mass is 413 g/mol. The lowest BCUT2D eigenvalue weighted by Gasteiger charge is -2.30. The van der Waals surface area contributed by atoms with E-state index in [9.17, 15) is 9.90 Å². The van der Waals surface area contributed by atoms with Crippen molar-refractivity contribution in [2.75, 3.05) is 39.4 Å². The van der Waals surface area contributed by atoms with Crippen LogP contribution in [0.3, 0.4) is 0 Å². The normalized spacial score (nSPS) is 13.8. The molecule has 0 fully saturated rings. The molecular formula is C23H27NO6. The molecule has 1 heterocycles. The molecule has 2 aromatic rings. The van der Waals surface area contributed by atoms with Crippen molar-refractivity contribution in [2.24, 2.45) is 0 Å². The van der Waals surface area contributed by atoms with E-state index in [1.54, 1.807) is 37.4 Å². The van der Waals surface area contributed by atoms with Crippen molar-refractivity contribution in [2.45, 2.75) is 19.4 Å². The Kier molecular flexibility index (Phi) is 6.22. The summed E-state index contributed by atoms with van der Waals surface area (Å²) in [6, 6.07) is 8.60. The molecule has 7 nitrogen and oxygen atoms in total. The summed E-state index contributed by atoms with van der Waals surface area (Å²) in [5, 5.41) is 9.58. The van der Waals surface area contributed by atoms with Gasteiger partial charge in [-0.15, -0.1) is 0 Å².